The van der Waals surface area contributed by atoms with Gasteiger partial charge in [-0.25, -0.2) is 8.78 Å². The van der Waals surface area contributed by atoms with Crippen LogP contribution in [0, 0.1) is 23.0 Å². The highest BCUT2D eigenvalue weighted by molar-refractivity contribution is 5.53. The van der Waals surface area contributed by atoms with E-state index in [0.29, 0.717) is 0 Å². The number of benzene rings is 1. The minimum Gasteiger partial charge on any atom is -0.366 e. The van der Waals surface area contributed by atoms with Crippen LogP contribution in [0.1, 0.15) is 38.2 Å². The Morgan fingerprint density at radius 2 is 2.11 bits per heavy atom. The summed E-state index contributed by atoms with van der Waals surface area (Å²) in [5, 5.41) is 8.67. The van der Waals surface area contributed by atoms with Gasteiger partial charge in [0.2, 0.25) is 0 Å². The maximum Gasteiger partial charge on any atom is 0.183 e. The first-order valence-corrected chi connectivity index (χ1v) is 6.33. The lowest BCUT2D eigenvalue weighted by molar-refractivity contribution is 0.435. The molecule has 1 heterocycles. The molecule has 1 aromatic rings. The Morgan fingerprint density at radius 1 is 1.33 bits per heavy atom. The summed E-state index contributed by atoms with van der Waals surface area (Å²) in [6.45, 7) is 2.81. The normalized spacial score (nSPS) is 19.7. The summed E-state index contributed by atoms with van der Waals surface area (Å²) >= 11 is 0. The topological polar surface area (TPSA) is 27.0 Å². The quantitative estimate of drug-likeness (QED) is 0.801. The molecule has 0 saturated carbocycles. The maximum atomic E-state index is 14.0. The zero-order valence-electron chi connectivity index (χ0n) is 10.4. The van der Waals surface area contributed by atoms with Gasteiger partial charge in [-0.3, -0.25) is 0 Å². The van der Waals surface area contributed by atoms with Gasteiger partial charge in [0.25, 0.3) is 0 Å². The van der Waals surface area contributed by atoms with E-state index in [4.69, 9.17) is 5.26 Å². The lowest BCUT2D eigenvalue weighted by Crippen LogP contribution is -2.39. The first kappa shape index (κ1) is 12.8. The molecule has 2 nitrogen and oxygen atoms in total. The summed E-state index contributed by atoms with van der Waals surface area (Å²) in [7, 11) is 0. The summed E-state index contributed by atoms with van der Waals surface area (Å²) < 4.78 is 27.6. The standard InChI is InChI=1S/C14H16F2N2/c1-2-11-5-3-4-8-18(11)12-7-6-10(9-17)13(15)14(12)16/h6-7,11H,2-5,8H2,1H3. The van der Waals surface area contributed by atoms with Crippen molar-refractivity contribution in [1.82, 2.24) is 0 Å². The maximum absolute atomic E-state index is 14.0. The van der Waals surface area contributed by atoms with Crippen molar-refractivity contribution in [2.24, 2.45) is 0 Å². The van der Waals surface area contributed by atoms with Crippen LogP contribution in [0.2, 0.25) is 0 Å². The number of halogens is 2. The zero-order valence-corrected chi connectivity index (χ0v) is 10.4. The van der Waals surface area contributed by atoms with Gasteiger partial charge in [-0.2, -0.15) is 5.26 Å². The van der Waals surface area contributed by atoms with Crippen molar-refractivity contribution in [3.63, 3.8) is 0 Å². The van der Waals surface area contributed by atoms with Gasteiger partial charge in [-0.05, 0) is 37.8 Å². The van der Waals surface area contributed by atoms with Crippen LogP contribution in [0.4, 0.5) is 14.5 Å². The smallest absolute Gasteiger partial charge is 0.183 e. The van der Waals surface area contributed by atoms with Crippen LogP contribution in [0.15, 0.2) is 12.1 Å². The predicted molar refractivity (Wildman–Crippen MR) is 66.3 cm³/mol. The van der Waals surface area contributed by atoms with Crippen molar-refractivity contribution in [2.75, 3.05) is 11.4 Å². The summed E-state index contributed by atoms with van der Waals surface area (Å²) in [4.78, 5) is 1.93. The van der Waals surface area contributed by atoms with E-state index in [1.807, 2.05) is 4.90 Å². The van der Waals surface area contributed by atoms with Crippen molar-refractivity contribution >= 4 is 5.69 Å². The molecule has 96 valence electrons. The van der Waals surface area contributed by atoms with E-state index in [2.05, 4.69) is 6.92 Å². The Labute approximate surface area is 106 Å². The average Bonchev–Trinajstić information content (AvgIpc) is 2.42. The number of piperidine rings is 1. The van der Waals surface area contributed by atoms with E-state index in [9.17, 15) is 8.78 Å². The summed E-state index contributed by atoms with van der Waals surface area (Å²) in [5.74, 6) is -1.93. The lowest BCUT2D eigenvalue weighted by atomic mass is 9.98. The van der Waals surface area contributed by atoms with Crippen molar-refractivity contribution in [2.45, 2.75) is 38.6 Å². The first-order valence-electron chi connectivity index (χ1n) is 6.33. The molecular weight excluding hydrogens is 234 g/mol. The fourth-order valence-electron chi connectivity index (χ4n) is 2.59. The van der Waals surface area contributed by atoms with Crippen LogP contribution < -0.4 is 4.90 Å². The molecule has 1 fully saturated rings. The van der Waals surface area contributed by atoms with Crippen molar-refractivity contribution < 1.29 is 8.78 Å². The van der Waals surface area contributed by atoms with Crippen LogP contribution in [0.3, 0.4) is 0 Å². The largest absolute Gasteiger partial charge is 0.366 e. The summed E-state index contributed by atoms with van der Waals surface area (Å²) in [6.07, 6.45) is 4.06. The van der Waals surface area contributed by atoms with Crippen LogP contribution in [-0.4, -0.2) is 12.6 Å². The molecule has 0 N–H and O–H groups in total. The minimum atomic E-state index is -1.03. The van der Waals surface area contributed by atoms with Crippen LogP contribution in [0.5, 0.6) is 0 Å². The molecule has 0 aliphatic carbocycles. The Bertz CT molecular complexity index is 479. The Kier molecular flexibility index (Phi) is 3.81. The van der Waals surface area contributed by atoms with E-state index < -0.39 is 11.6 Å². The number of hydrogen-bond acceptors (Lipinski definition) is 2. The molecule has 1 atom stereocenters. The number of hydrogen-bond donors (Lipinski definition) is 0. The molecule has 1 unspecified atom stereocenters. The molecule has 2 rings (SSSR count). The molecule has 0 spiro atoms. The summed E-state index contributed by atoms with van der Waals surface area (Å²) in [6, 6.07) is 4.80. The molecule has 1 aliphatic heterocycles. The third-order valence-electron chi connectivity index (χ3n) is 3.59. The lowest BCUT2D eigenvalue weighted by Gasteiger charge is -2.37. The highest BCUT2D eigenvalue weighted by atomic mass is 19.2. The molecule has 1 aromatic carbocycles. The van der Waals surface area contributed by atoms with Gasteiger partial charge >= 0.3 is 0 Å². The second-order valence-electron chi connectivity index (χ2n) is 4.62. The third kappa shape index (κ3) is 2.17. The number of nitriles is 1. The van der Waals surface area contributed by atoms with E-state index in [-0.39, 0.29) is 17.3 Å². The van der Waals surface area contributed by atoms with Crippen LogP contribution in [0.25, 0.3) is 0 Å². The number of rotatable bonds is 2. The van der Waals surface area contributed by atoms with E-state index in [1.165, 1.54) is 12.1 Å². The molecular formula is C14H16F2N2. The molecule has 0 amide bonds. The Hall–Kier alpha value is -1.63. The summed E-state index contributed by atoms with van der Waals surface area (Å²) in [5.41, 5.74) is 0.0550. The molecule has 1 saturated heterocycles. The van der Waals surface area contributed by atoms with Gasteiger partial charge in [-0.15, -0.1) is 0 Å². The molecule has 0 bridgehead atoms. The Balaban J connectivity index is 2.38. The van der Waals surface area contributed by atoms with Crippen molar-refractivity contribution in [1.29, 1.82) is 5.26 Å². The average molecular weight is 250 g/mol. The van der Waals surface area contributed by atoms with Gasteiger partial charge in [0.05, 0.1) is 11.3 Å². The molecule has 0 aromatic heterocycles. The predicted octanol–water partition coefficient (Wildman–Crippen LogP) is 3.61. The fourth-order valence-corrected chi connectivity index (χ4v) is 2.59. The first-order chi connectivity index (χ1) is 8.69. The highest BCUT2D eigenvalue weighted by Gasteiger charge is 2.25. The molecule has 18 heavy (non-hydrogen) atoms. The van der Waals surface area contributed by atoms with E-state index in [1.54, 1.807) is 6.07 Å². The van der Waals surface area contributed by atoms with Crippen molar-refractivity contribution in [3.8, 4) is 6.07 Å². The molecule has 0 radical (unpaired) electrons. The minimum absolute atomic E-state index is 0.235. The van der Waals surface area contributed by atoms with E-state index >= 15 is 0 Å². The highest BCUT2D eigenvalue weighted by Crippen LogP contribution is 2.30. The SMILES string of the molecule is CCC1CCCCN1c1ccc(C#N)c(F)c1F. The molecule has 4 heteroatoms. The molecule has 1 aliphatic rings. The van der Waals surface area contributed by atoms with Gasteiger partial charge in [0.15, 0.2) is 11.6 Å². The second-order valence-corrected chi connectivity index (χ2v) is 4.62. The number of nitrogens with zero attached hydrogens (tertiary/aromatic N) is 2. The van der Waals surface area contributed by atoms with Gasteiger partial charge in [0, 0.05) is 12.6 Å². The monoisotopic (exact) mass is 250 g/mol. The van der Waals surface area contributed by atoms with Crippen LogP contribution in [-0.2, 0) is 0 Å². The van der Waals surface area contributed by atoms with Crippen LogP contribution >= 0.6 is 0 Å². The number of anilines is 1. The second kappa shape index (κ2) is 5.34. The Morgan fingerprint density at radius 3 is 2.78 bits per heavy atom. The third-order valence-corrected chi connectivity index (χ3v) is 3.59. The van der Waals surface area contributed by atoms with Crippen molar-refractivity contribution in [3.05, 3.63) is 29.3 Å². The van der Waals surface area contributed by atoms with Gasteiger partial charge in [-0.1, -0.05) is 6.92 Å². The fraction of sp³-hybridized carbons (Fsp3) is 0.500. The van der Waals surface area contributed by atoms with E-state index in [0.717, 1.165) is 32.2 Å². The van der Waals surface area contributed by atoms with Gasteiger partial charge in [0.1, 0.15) is 6.07 Å². The van der Waals surface area contributed by atoms with Gasteiger partial charge < -0.3 is 4.90 Å². The zero-order chi connectivity index (χ0) is 13.1.